The van der Waals surface area contributed by atoms with Gasteiger partial charge >= 0.3 is 0 Å². The Hall–Kier alpha value is -1.52. The number of fused-ring (bicyclic) bond motifs is 1. The first kappa shape index (κ1) is 19.8. The summed E-state index contributed by atoms with van der Waals surface area (Å²) in [6, 6.07) is 7.31. The number of rotatable bonds is 4. The average Bonchev–Trinajstić information content (AvgIpc) is 3.30. The van der Waals surface area contributed by atoms with Crippen molar-refractivity contribution in [3.8, 4) is 0 Å². The molecule has 1 aliphatic heterocycles. The molecule has 0 bridgehead atoms. The zero-order valence-corrected chi connectivity index (χ0v) is 17.7. The molecule has 1 saturated heterocycles. The Balaban J connectivity index is 1.44. The van der Waals surface area contributed by atoms with E-state index in [1.165, 1.54) is 34.8 Å². The molecule has 3 aromatic rings. The minimum atomic E-state index is -3.52. The molecular weight excluding hydrogens is 443 g/mol. The Morgan fingerprint density at radius 1 is 1.25 bits per heavy atom. The van der Waals surface area contributed by atoms with Crippen molar-refractivity contribution >= 4 is 60.3 Å². The number of hydrogen-bond donors (Lipinski definition) is 1. The molecule has 1 N–H and O–H groups in total. The van der Waals surface area contributed by atoms with Crippen LogP contribution in [0.4, 0.5) is 4.39 Å². The van der Waals surface area contributed by atoms with Crippen LogP contribution < -0.4 is 4.72 Å². The lowest BCUT2D eigenvalue weighted by Crippen LogP contribution is -2.46. The van der Waals surface area contributed by atoms with Crippen molar-refractivity contribution in [2.45, 2.75) is 23.1 Å². The summed E-state index contributed by atoms with van der Waals surface area (Å²) in [5.41, 5.74) is 0. The molecule has 2 aromatic heterocycles. The number of thiophene rings is 2. The number of benzene rings is 1. The standard InChI is InChI=1S/C18H16ClFN2O3S3/c19-16-13-4-3-11(20)10-14(13)27-17(16)18(23)22-7-5-12(6-8-22)21-28(24,25)15-2-1-9-26-15/h1-4,9-10,12,21H,5-8H2. The molecule has 4 rings (SSSR count). The molecule has 0 aliphatic carbocycles. The van der Waals surface area contributed by atoms with Crippen LogP contribution in [0.2, 0.25) is 5.02 Å². The predicted molar refractivity (Wildman–Crippen MR) is 110 cm³/mol. The molecule has 3 heterocycles. The first-order valence-corrected chi connectivity index (χ1v) is 12.1. The molecule has 0 spiro atoms. The summed E-state index contributed by atoms with van der Waals surface area (Å²) in [6.07, 6.45) is 1.04. The number of halogens is 2. The van der Waals surface area contributed by atoms with Gasteiger partial charge in [-0.25, -0.2) is 17.5 Å². The van der Waals surface area contributed by atoms with Gasteiger partial charge < -0.3 is 4.90 Å². The fourth-order valence-corrected chi connectivity index (χ4v) is 7.03. The van der Waals surface area contributed by atoms with E-state index in [2.05, 4.69) is 4.72 Å². The Morgan fingerprint density at radius 2 is 2.00 bits per heavy atom. The Morgan fingerprint density at radius 3 is 2.68 bits per heavy atom. The lowest BCUT2D eigenvalue weighted by Gasteiger charge is -2.32. The van der Waals surface area contributed by atoms with Gasteiger partial charge in [0.2, 0.25) is 10.0 Å². The van der Waals surface area contributed by atoms with Crippen molar-refractivity contribution in [3.63, 3.8) is 0 Å². The third-order valence-corrected chi connectivity index (χ3v) is 9.21. The Kier molecular flexibility index (Phi) is 5.45. The number of carbonyl (C=O) groups is 1. The minimum absolute atomic E-state index is 0.203. The second-order valence-corrected chi connectivity index (χ2v) is 10.8. The molecule has 0 saturated carbocycles. The second kappa shape index (κ2) is 7.72. The highest BCUT2D eigenvalue weighted by atomic mass is 35.5. The zero-order valence-electron chi connectivity index (χ0n) is 14.5. The van der Waals surface area contributed by atoms with Gasteiger partial charge in [0.25, 0.3) is 5.91 Å². The van der Waals surface area contributed by atoms with Crippen molar-refractivity contribution in [2.75, 3.05) is 13.1 Å². The fraction of sp³-hybridized carbons (Fsp3) is 0.278. The van der Waals surface area contributed by atoms with E-state index in [1.54, 1.807) is 28.5 Å². The summed E-state index contributed by atoms with van der Waals surface area (Å²) in [5, 5.41) is 2.72. The highest BCUT2D eigenvalue weighted by molar-refractivity contribution is 7.91. The van der Waals surface area contributed by atoms with Crippen LogP contribution in [-0.2, 0) is 10.0 Å². The highest BCUT2D eigenvalue weighted by Gasteiger charge is 2.29. The van der Waals surface area contributed by atoms with E-state index in [0.29, 0.717) is 45.9 Å². The van der Waals surface area contributed by atoms with Crippen molar-refractivity contribution in [1.82, 2.24) is 9.62 Å². The third kappa shape index (κ3) is 3.81. The van der Waals surface area contributed by atoms with Gasteiger partial charge in [-0.05, 0) is 42.5 Å². The predicted octanol–water partition coefficient (Wildman–Crippen LogP) is 4.34. The van der Waals surface area contributed by atoms with Crippen molar-refractivity contribution in [2.24, 2.45) is 0 Å². The number of carbonyl (C=O) groups excluding carboxylic acids is 1. The molecule has 10 heteroatoms. The molecule has 0 atom stereocenters. The van der Waals surface area contributed by atoms with E-state index in [9.17, 15) is 17.6 Å². The topological polar surface area (TPSA) is 66.5 Å². The summed E-state index contributed by atoms with van der Waals surface area (Å²) in [6.45, 7) is 0.852. The molecule has 0 radical (unpaired) electrons. The van der Waals surface area contributed by atoms with Crippen molar-refractivity contribution in [1.29, 1.82) is 0 Å². The fourth-order valence-electron chi connectivity index (χ4n) is 3.21. The van der Waals surface area contributed by atoms with Gasteiger partial charge in [0.15, 0.2) is 0 Å². The van der Waals surface area contributed by atoms with E-state index in [4.69, 9.17) is 11.6 Å². The Bertz CT molecular complexity index is 1120. The zero-order chi connectivity index (χ0) is 19.9. The second-order valence-electron chi connectivity index (χ2n) is 6.51. The molecule has 148 valence electrons. The summed E-state index contributed by atoms with van der Waals surface area (Å²) in [5.74, 6) is -0.575. The molecular formula is C18H16ClFN2O3S3. The van der Waals surface area contributed by atoms with Crippen LogP contribution >= 0.6 is 34.3 Å². The number of sulfonamides is 1. The van der Waals surface area contributed by atoms with Crippen LogP contribution in [0, 0.1) is 5.82 Å². The lowest BCUT2D eigenvalue weighted by atomic mass is 10.1. The lowest BCUT2D eigenvalue weighted by molar-refractivity contribution is 0.0716. The first-order chi connectivity index (χ1) is 13.3. The van der Waals surface area contributed by atoms with Gasteiger partial charge in [-0.1, -0.05) is 17.7 Å². The van der Waals surface area contributed by atoms with E-state index in [-0.39, 0.29) is 22.0 Å². The summed E-state index contributed by atoms with van der Waals surface area (Å²) >= 11 is 8.69. The van der Waals surface area contributed by atoms with E-state index < -0.39 is 10.0 Å². The maximum atomic E-state index is 13.4. The summed E-state index contributed by atoms with van der Waals surface area (Å²) in [7, 11) is -3.52. The van der Waals surface area contributed by atoms with Gasteiger partial charge in [-0.3, -0.25) is 4.79 Å². The minimum Gasteiger partial charge on any atom is -0.338 e. The van der Waals surface area contributed by atoms with Crippen molar-refractivity contribution in [3.05, 3.63) is 51.4 Å². The molecule has 5 nitrogen and oxygen atoms in total. The summed E-state index contributed by atoms with van der Waals surface area (Å²) in [4.78, 5) is 14.9. The van der Waals surface area contributed by atoms with Crippen molar-refractivity contribution < 1.29 is 17.6 Å². The van der Waals surface area contributed by atoms with Gasteiger partial charge in [0, 0.05) is 29.2 Å². The first-order valence-electron chi connectivity index (χ1n) is 8.58. The van der Waals surface area contributed by atoms with Crippen LogP contribution in [0.1, 0.15) is 22.5 Å². The SMILES string of the molecule is O=C(c1sc2cc(F)ccc2c1Cl)N1CCC(NS(=O)(=O)c2cccs2)CC1. The monoisotopic (exact) mass is 458 g/mol. The molecule has 0 unspecified atom stereocenters. The maximum Gasteiger partial charge on any atom is 0.265 e. The third-order valence-electron chi connectivity index (χ3n) is 4.65. The molecule has 1 aromatic carbocycles. The van der Waals surface area contributed by atoms with Crippen LogP contribution in [-0.4, -0.2) is 38.4 Å². The van der Waals surface area contributed by atoms with E-state index in [1.807, 2.05) is 0 Å². The smallest absolute Gasteiger partial charge is 0.265 e. The Labute approximate surface area is 174 Å². The number of piperidine rings is 1. The molecule has 28 heavy (non-hydrogen) atoms. The van der Waals surface area contributed by atoms with Crippen LogP contribution in [0.5, 0.6) is 0 Å². The van der Waals surface area contributed by atoms with Gasteiger partial charge in [-0.2, -0.15) is 0 Å². The number of nitrogens with one attached hydrogen (secondary N) is 1. The highest BCUT2D eigenvalue weighted by Crippen LogP contribution is 2.36. The number of amides is 1. The average molecular weight is 459 g/mol. The number of hydrogen-bond acceptors (Lipinski definition) is 5. The van der Waals surface area contributed by atoms with E-state index >= 15 is 0 Å². The van der Waals surface area contributed by atoms with Crippen LogP contribution in [0.25, 0.3) is 10.1 Å². The van der Waals surface area contributed by atoms with E-state index in [0.717, 1.165) is 0 Å². The van der Waals surface area contributed by atoms with Crippen LogP contribution in [0.15, 0.2) is 39.9 Å². The van der Waals surface area contributed by atoms with Gasteiger partial charge in [0.1, 0.15) is 14.9 Å². The van der Waals surface area contributed by atoms with Gasteiger partial charge in [0.05, 0.1) is 5.02 Å². The number of nitrogens with zero attached hydrogens (tertiary/aromatic N) is 1. The quantitative estimate of drug-likeness (QED) is 0.632. The number of likely N-dealkylation sites (tertiary alicyclic amines) is 1. The van der Waals surface area contributed by atoms with Crippen LogP contribution in [0.3, 0.4) is 0 Å². The maximum absolute atomic E-state index is 13.4. The largest absolute Gasteiger partial charge is 0.338 e. The normalized spacial score (nSPS) is 16.0. The summed E-state index contributed by atoms with van der Waals surface area (Å²) < 4.78 is 41.7. The van der Waals surface area contributed by atoms with Gasteiger partial charge in [-0.15, -0.1) is 22.7 Å². The molecule has 1 aliphatic rings. The molecule has 1 fully saturated rings. The molecule has 1 amide bonds.